The molecule has 19 heavy (non-hydrogen) atoms. The summed E-state index contributed by atoms with van der Waals surface area (Å²) < 4.78 is 30.7. The number of aliphatic hydroxyl groups is 1. The molecule has 0 unspecified atom stereocenters. The van der Waals surface area contributed by atoms with E-state index in [9.17, 15) is 18.7 Å². The molecule has 0 spiro atoms. The fraction of sp³-hybridized carbons (Fsp3) is 0.214. The third kappa shape index (κ3) is 1.77. The molecule has 0 fully saturated rings. The summed E-state index contributed by atoms with van der Waals surface area (Å²) in [5, 5.41) is 11.0. The Kier molecular flexibility index (Phi) is 2.53. The van der Waals surface area contributed by atoms with Crippen LogP contribution in [-0.2, 0) is 0 Å². The molecule has 5 heteroatoms. The van der Waals surface area contributed by atoms with Crippen LogP contribution in [0.15, 0.2) is 36.4 Å². The molecule has 0 aliphatic carbocycles. The second kappa shape index (κ2) is 3.99. The van der Waals surface area contributed by atoms with Crippen molar-refractivity contribution in [3.05, 3.63) is 42.0 Å². The predicted octanol–water partition coefficient (Wildman–Crippen LogP) is 2.76. The quantitative estimate of drug-likeness (QED) is 0.861. The maximum absolute atomic E-state index is 12.8. The molecule has 1 heterocycles. The van der Waals surface area contributed by atoms with Gasteiger partial charge < -0.3 is 9.84 Å². The van der Waals surface area contributed by atoms with Gasteiger partial charge in [0.2, 0.25) is 0 Å². The Morgan fingerprint density at radius 2 is 1.95 bits per heavy atom. The number of rotatable bonds is 1. The van der Waals surface area contributed by atoms with Gasteiger partial charge in [0.1, 0.15) is 5.75 Å². The normalized spacial score (nSPS) is 22.4. The maximum atomic E-state index is 12.8. The zero-order valence-corrected chi connectivity index (χ0v) is 9.77. The molecule has 0 amide bonds. The number of Topliss-reactive ketones (excluding diaryl/α,β-unsaturated/α-hetero) is 1. The van der Waals surface area contributed by atoms with Crippen molar-refractivity contribution in [2.45, 2.75) is 18.6 Å². The monoisotopic (exact) mass is 264 g/mol. The summed E-state index contributed by atoms with van der Waals surface area (Å²) >= 11 is 0. The molecular formula is C14H10F2O3. The van der Waals surface area contributed by atoms with Crippen LogP contribution in [0.2, 0.25) is 0 Å². The Morgan fingerprint density at radius 3 is 2.68 bits per heavy atom. The van der Waals surface area contributed by atoms with Gasteiger partial charge in [-0.3, -0.25) is 4.79 Å². The van der Waals surface area contributed by atoms with E-state index in [1.165, 1.54) is 6.07 Å². The minimum atomic E-state index is -3.15. The van der Waals surface area contributed by atoms with Crippen molar-refractivity contribution in [2.75, 3.05) is 0 Å². The SMILES string of the molecule is O=C1C[C@](O)(C(F)F)Oc2c1ccc1ccccc21. The van der Waals surface area contributed by atoms with Gasteiger partial charge in [0, 0.05) is 5.39 Å². The molecule has 0 bridgehead atoms. The first kappa shape index (κ1) is 12.0. The number of fused-ring (bicyclic) bond motifs is 3. The van der Waals surface area contributed by atoms with E-state index < -0.39 is 24.4 Å². The van der Waals surface area contributed by atoms with Crippen molar-refractivity contribution >= 4 is 16.6 Å². The fourth-order valence-electron chi connectivity index (χ4n) is 2.23. The van der Waals surface area contributed by atoms with Crippen LogP contribution in [0.25, 0.3) is 10.8 Å². The highest BCUT2D eigenvalue weighted by molar-refractivity contribution is 6.06. The first-order chi connectivity index (χ1) is 9.01. The van der Waals surface area contributed by atoms with Crippen molar-refractivity contribution in [3.63, 3.8) is 0 Å². The second-order valence-corrected chi connectivity index (χ2v) is 4.51. The molecular weight excluding hydrogens is 254 g/mol. The Bertz CT molecular complexity index is 669. The molecule has 0 saturated heterocycles. The average Bonchev–Trinajstić information content (AvgIpc) is 2.38. The molecule has 3 rings (SSSR count). The Labute approximate surface area is 107 Å². The number of carbonyl (C=O) groups is 1. The molecule has 98 valence electrons. The average molecular weight is 264 g/mol. The maximum Gasteiger partial charge on any atom is 0.302 e. The lowest BCUT2D eigenvalue weighted by atomic mass is 9.95. The molecule has 3 nitrogen and oxygen atoms in total. The fourth-order valence-corrected chi connectivity index (χ4v) is 2.23. The number of ether oxygens (including phenoxy) is 1. The van der Waals surface area contributed by atoms with Gasteiger partial charge in [-0.05, 0) is 11.5 Å². The summed E-state index contributed by atoms with van der Waals surface area (Å²) in [5.41, 5.74) is 0.226. The van der Waals surface area contributed by atoms with Crippen molar-refractivity contribution in [1.29, 1.82) is 0 Å². The Hall–Kier alpha value is -2.01. The minimum Gasteiger partial charge on any atom is -0.454 e. The molecule has 1 atom stereocenters. The standard InChI is InChI=1S/C14H10F2O3/c15-13(16)14(18)7-11(17)10-6-5-8-3-1-2-4-9(8)12(10)19-14/h1-6,13,18H,7H2/t14-/m1/s1. The minimum absolute atomic E-state index is 0.0251. The Balaban J connectivity index is 2.24. The van der Waals surface area contributed by atoms with Crippen LogP contribution in [0, 0.1) is 0 Å². The van der Waals surface area contributed by atoms with E-state index in [0.717, 1.165) is 5.39 Å². The van der Waals surface area contributed by atoms with E-state index in [0.29, 0.717) is 5.39 Å². The molecule has 1 aliphatic heterocycles. The topological polar surface area (TPSA) is 46.5 Å². The summed E-state index contributed by atoms with van der Waals surface area (Å²) in [4.78, 5) is 11.9. The van der Waals surface area contributed by atoms with Gasteiger partial charge in [-0.15, -0.1) is 0 Å². The lowest BCUT2D eigenvalue weighted by molar-refractivity contribution is -0.219. The van der Waals surface area contributed by atoms with Crippen LogP contribution in [0.3, 0.4) is 0 Å². The number of carbonyl (C=O) groups excluding carboxylic acids is 1. The first-order valence-electron chi connectivity index (χ1n) is 5.76. The van der Waals surface area contributed by atoms with Crippen molar-refractivity contribution in [1.82, 2.24) is 0 Å². The van der Waals surface area contributed by atoms with Crippen LogP contribution < -0.4 is 4.74 Å². The summed E-state index contributed by atoms with van der Waals surface area (Å²) in [6.45, 7) is 0. The van der Waals surface area contributed by atoms with Gasteiger partial charge in [0.05, 0.1) is 12.0 Å². The lowest BCUT2D eigenvalue weighted by Crippen LogP contribution is -2.48. The van der Waals surface area contributed by atoms with E-state index in [1.807, 2.05) is 0 Å². The third-order valence-electron chi connectivity index (χ3n) is 3.21. The zero-order valence-electron chi connectivity index (χ0n) is 9.77. The highest BCUT2D eigenvalue weighted by atomic mass is 19.3. The number of ketones is 1. The largest absolute Gasteiger partial charge is 0.454 e. The van der Waals surface area contributed by atoms with Gasteiger partial charge in [0.25, 0.3) is 5.79 Å². The Morgan fingerprint density at radius 1 is 1.21 bits per heavy atom. The molecule has 0 radical (unpaired) electrons. The predicted molar refractivity (Wildman–Crippen MR) is 64.5 cm³/mol. The molecule has 2 aromatic carbocycles. The summed E-state index contributed by atoms with van der Waals surface area (Å²) in [7, 11) is 0. The number of alkyl halides is 2. The lowest BCUT2D eigenvalue weighted by Gasteiger charge is -2.32. The number of hydrogen-bond acceptors (Lipinski definition) is 3. The smallest absolute Gasteiger partial charge is 0.302 e. The van der Waals surface area contributed by atoms with Gasteiger partial charge >= 0.3 is 6.43 Å². The molecule has 0 saturated carbocycles. The van der Waals surface area contributed by atoms with Gasteiger partial charge in [-0.1, -0.05) is 30.3 Å². The number of halogens is 2. The van der Waals surface area contributed by atoms with E-state index >= 15 is 0 Å². The summed E-state index contributed by atoms with van der Waals surface area (Å²) in [6, 6.07) is 10.2. The highest BCUT2D eigenvalue weighted by Gasteiger charge is 2.47. The third-order valence-corrected chi connectivity index (χ3v) is 3.21. The van der Waals surface area contributed by atoms with E-state index in [2.05, 4.69) is 0 Å². The zero-order chi connectivity index (χ0) is 13.6. The van der Waals surface area contributed by atoms with E-state index in [1.54, 1.807) is 30.3 Å². The summed E-state index contributed by atoms with van der Waals surface area (Å²) in [5.74, 6) is -3.26. The van der Waals surface area contributed by atoms with Gasteiger partial charge in [-0.2, -0.15) is 0 Å². The first-order valence-corrected chi connectivity index (χ1v) is 5.76. The molecule has 1 aliphatic rings. The van der Waals surface area contributed by atoms with Gasteiger partial charge in [0.15, 0.2) is 5.78 Å². The van der Waals surface area contributed by atoms with Crippen LogP contribution in [0.5, 0.6) is 5.75 Å². The van der Waals surface area contributed by atoms with E-state index in [-0.39, 0.29) is 11.3 Å². The van der Waals surface area contributed by atoms with Crippen LogP contribution >= 0.6 is 0 Å². The molecule has 2 aromatic rings. The second-order valence-electron chi connectivity index (χ2n) is 4.51. The van der Waals surface area contributed by atoms with Crippen molar-refractivity contribution < 1.29 is 23.4 Å². The molecule has 1 N–H and O–H groups in total. The molecule has 0 aromatic heterocycles. The summed E-state index contributed by atoms with van der Waals surface area (Å²) in [6.07, 6.45) is -3.89. The van der Waals surface area contributed by atoms with E-state index in [4.69, 9.17) is 4.74 Å². The number of benzene rings is 2. The van der Waals surface area contributed by atoms with Crippen LogP contribution in [0.4, 0.5) is 8.78 Å². The highest BCUT2D eigenvalue weighted by Crippen LogP contribution is 2.39. The number of hydrogen-bond donors (Lipinski definition) is 1. The van der Waals surface area contributed by atoms with Crippen molar-refractivity contribution in [3.8, 4) is 5.75 Å². The van der Waals surface area contributed by atoms with Crippen LogP contribution in [-0.4, -0.2) is 23.1 Å². The van der Waals surface area contributed by atoms with Crippen molar-refractivity contribution in [2.24, 2.45) is 0 Å². The van der Waals surface area contributed by atoms with Crippen LogP contribution in [0.1, 0.15) is 16.8 Å². The van der Waals surface area contributed by atoms with Gasteiger partial charge in [-0.25, -0.2) is 8.78 Å².